The summed E-state index contributed by atoms with van der Waals surface area (Å²) in [6.07, 6.45) is 2.36. The molecule has 0 aliphatic heterocycles. The second kappa shape index (κ2) is 7.24. The number of nitrogens with one attached hydrogen (secondary N) is 1. The summed E-state index contributed by atoms with van der Waals surface area (Å²) in [6, 6.07) is 11.3. The molecule has 0 fully saturated rings. The van der Waals surface area contributed by atoms with Gasteiger partial charge in [0.25, 0.3) is 0 Å². The topological polar surface area (TPSA) is 12.0 Å². The summed E-state index contributed by atoms with van der Waals surface area (Å²) < 4.78 is 0. The van der Waals surface area contributed by atoms with Gasteiger partial charge in [-0.05, 0) is 74.4 Å². The van der Waals surface area contributed by atoms with Gasteiger partial charge in [0.15, 0.2) is 0 Å². The van der Waals surface area contributed by atoms with Crippen molar-refractivity contribution >= 4 is 11.3 Å². The van der Waals surface area contributed by atoms with Crippen molar-refractivity contribution in [1.82, 2.24) is 5.32 Å². The summed E-state index contributed by atoms with van der Waals surface area (Å²) in [7, 11) is 0. The number of rotatable bonds is 6. The molecule has 1 N–H and O–H groups in total. The summed E-state index contributed by atoms with van der Waals surface area (Å²) >= 11 is 1.79. The average molecular weight is 301 g/mol. The van der Waals surface area contributed by atoms with Crippen LogP contribution in [0.4, 0.5) is 0 Å². The number of hydrogen-bond acceptors (Lipinski definition) is 2. The zero-order valence-electron chi connectivity index (χ0n) is 13.6. The van der Waals surface area contributed by atoms with Gasteiger partial charge >= 0.3 is 0 Å². The second-order valence-electron chi connectivity index (χ2n) is 6.91. The van der Waals surface area contributed by atoms with Gasteiger partial charge < -0.3 is 5.32 Å². The molecule has 1 heterocycles. The summed E-state index contributed by atoms with van der Waals surface area (Å²) in [6.45, 7) is 9.89. The molecule has 0 bridgehead atoms. The van der Waals surface area contributed by atoms with Gasteiger partial charge in [-0.2, -0.15) is 11.3 Å². The van der Waals surface area contributed by atoms with Crippen LogP contribution in [0.2, 0.25) is 0 Å². The van der Waals surface area contributed by atoms with Crippen LogP contribution in [0.5, 0.6) is 0 Å². The van der Waals surface area contributed by atoms with Gasteiger partial charge in [0.2, 0.25) is 0 Å². The Morgan fingerprint density at radius 2 is 1.81 bits per heavy atom. The first kappa shape index (κ1) is 16.3. The quantitative estimate of drug-likeness (QED) is 0.777. The van der Waals surface area contributed by atoms with Crippen LogP contribution in [0.3, 0.4) is 0 Å². The number of aryl methyl sites for hydroxylation is 2. The lowest BCUT2D eigenvalue weighted by Gasteiger charge is -2.26. The molecule has 1 aromatic heterocycles. The fraction of sp³-hybridized carbons (Fsp3) is 0.474. The molecule has 21 heavy (non-hydrogen) atoms. The van der Waals surface area contributed by atoms with Crippen molar-refractivity contribution in [3.63, 3.8) is 0 Å². The zero-order chi connectivity index (χ0) is 15.3. The Hall–Kier alpha value is -1.12. The van der Waals surface area contributed by atoms with Crippen molar-refractivity contribution in [2.24, 2.45) is 0 Å². The minimum Gasteiger partial charge on any atom is -0.311 e. The van der Waals surface area contributed by atoms with Gasteiger partial charge in [-0.1, -0.05) is 29.8 Å². The van der Waals surface area contributed by atoms with E-state index in [-0.39, 0.29) is 5.54 Å². The van der Waals surface area contributed by atoms with E-state index in [9.17, 15) is 0 Å². The first-order valence-corrected chi connectivity index (χ1v) is 8.71. The lowest BCUT2D eigenvalue weighted by Crippen LogP contribution is -2.38. The molecule has 1 atom stereocenters. The van der Waals surface area contributed by atoms with Crippen LogP contribution in [0.1, 0.15) is 49.8 Å². The SMILES string of the molecule is Cc1ccc(C(CCc2ccsc2)CNC(C)(C)C)cc1. The molecule has 1 unspecified atom stereocenters. The highest BCUT2D eigenvalue weighted by molar-refractivity contribution is 7.07. The average Bonchev–Trinajstić information content (AvgIpc) is 2.92. The highest BCUT2D eigenvalue weighted by Crippen LogP contribution is 2.23. The molecule has 114 valence electrons. The van der Waals surface area contributed by atoms with E-state index >= 15 is 0 Å². The van der Waals surface area contributed by atoms with Crippen molar-refractivity contribution in [2.45, 2.75) is 52.0 Å². The highest BCUT2D eigenvalue weighted by atomic mass is 32.1. The molecular weight excluding hydrogens is 274 g/mol. The third-order valence-corrected chi connectivity index (χ3v) is 4.52. The van der Waals surface area contributed by atoms with Crippen LogP contribution in [-0.4, -0.2) is 12.1 Å². The second-order valence-corrected chi connectivity index (χ2v) is 7.69. The van der Waals surface area contributed by atoms with Gasteiger partial charge in [0.1, 0.15) is 0 Å². The van der Waals surface area contributed by atoms with Gasteiger partial charge in [0.05, 0.1) is 0 Å². The van der Waals surface area contributed by atoms with Crippen molar-refractivity contribution in [2.75, 3.05) is 6.54 Å². The maximum atomic E-state index is 3.67. The van der Waals surface area contributed by atoms with Crippen LogP contribution < -0.4 is 5.32 Å². The Bertz CT molecular complexity index is 520. The molecule has 0 saturated heterocycles. The Balaban J connectivity index is 2.03. The fourth-order valence-electron chi connectivity index (χ4n) is 2.43. The normalized spacial score (nSPS) is 13.3. The monoisotopic (exact) mass is 301 g/mol. The van der Waals surface area contributed by atoms with Gasteiger partial charge in [-0.15, -0.1) is 0 Å². The molecule has 2 aromatic rings. The molecule has 2 heteroatoms. The number of benzene rings is 1. The maximum absolute atomic E-state index is 3.67. The van der Waals surface area contributed by atoms with E-state index in [0.717, 1.165) is 13.0 Å². The predicted molar refractivity (Wildman–Crippen MR) is 94.3 cm³/mol. The molecule has 1 nitrogen and oxygen atoms in total. The van der Waals surface area contributed by atoms with Gasteiger partial charge in [0, 0.05) is 12.1 Å². The molecule has 0 saturated carbocycles. The van der Waals surface area contributed by atoms with E-state index in [1.807, 2.05) is 0 Å². The van der Waals surface area contributed by atoms with Crippen LogP contribution in [0, 0.1) is 6.92 Å². The standard InChI is InChI=1S/C19H27NS/c1-15-5-8-17(9-6-15)18(13-20-19(2,3)4)10-7-16-11-12-21-14-16/h5-6,8-9,11-12,14,18,20H,7,10,13H2,1-4H3. The molecule has 2 rings (SSSR count). The predicted octanol–water partition coefficient (Wildman–Crippen LogP) is 5.16. The summed E-state index contributed by atoms with van der Waals surface area (Å²) in [5, 5.41) is 8.11. The minimum atomic E-state index is 0.172. The fourth-order valence-corrected chi connectivity index (χ4v) is 3.13. The first-order chi connectivity index (χ1) is 9.94. The highest BCUT2D eigenvalue weighted by Gasteiger charge is 2.16. The summed E-state index contributed by atoms with van der Waals surface area (Å²) in [5.74, 6) is 0.574. The van der Waals surface area contributed by atoms with E-state index in [0.29, 0.717) is 5.92 Å². The molecule has 0 amide bonds. The summed E-state index contributed by atoms with van der Waals surface area (Å²) in [4.78, 5) is 0. The van der Waals surface area contributed by atoms with E-state index in [1.165, 1.54) is 23.1 Å². The molecule has 0 aliphatic carbocycles. The largest absolute Gasteiger partial charge is 0.311 e. The zero-order valence-corrected chi connectivity index (χ0v) is 14.5. The minimum absolute atomic E-state index is 0.172. The summed E-state index contributed by atoms with van der Waals surface area (Å²) in [5.41, 5.74) is 4.42. The van der Waals surface area contributed by atoms with Crippen LogP contribution in [0.15, 0.2) is 41.1 Å². The van der Waals surface area contributed by atoms with E-state index in [2.05, 4.69) is 74.1 Å². The van der Waals surface area contributed by atoms with Crippen LogP contribution >= 0.6 is 11.3 Å². The number of hydrogen-bond donors (Lipinski definition) is 1. The Morgan fingerprint density at radius 3 is 2.38 bits per heavy atom. The van der Waals surface area contributed by atoms with E-state index in [4.69, 9.17) is 0 Å². The molecule has 0 spiro atoms. The van der Waals surface area contributed by atoms with E-state index < -0.39 is 0 Å². The molecule has 0 radical (unpaired) electrons. The Morgan fingerprint density at radius 1 is 1.10 bits per heavy atom. The lowest BCUT2D eigenvalue weighted by molar-refractivity contribution is 0.399. The van der Waals surface area contributed by atoms with Crippen LogP contribution in [0.25, 0.3) is 0 Å². The van der Waals surface area contributed by atoms with Gasteiger partial charge in [-0.3, -0.25) is 0 Å². The third kappa shape index (κ3) is 5.64. The molecular formula is C19H27NS. The smallest absolute Gasteiger partial charge is 0.00967 e. The Kier molecular flexibility index (Phi) is 5.60. The third-order valence-electron chi connectivity index (χ3n) is 3.79. The Labute approximate surface area is 133 Å². The molecule has 1 aromatic carbocycles. The van der Waals surface area contributed by atoms with Crippen molar-refractivity contribution in [3.05, 3.63) is 57.8 Å². The van der Waals surface area contributed by atoms with Crippen molar-refractivity contribution < 1.29 is 0 Å². The van der Waals surface area contributed by atoms with Crippen LogP contribution in [-0.2, 0) is 6.42 Å². The van der Waals surface area contributed by atoms with E-state index in [1.54, 1.807) is 11.3 Å². The molecule has 0 aliphatic rings. The first-order valence-electron chi connectivity index (χ1n) is 7.77. The number of thiophene rings is 1. The van der Waals surface area contributed by atoms with Crippen molar-refractivity contribution in [1.29, 1.82) is 0 Å². The van der Waals surface area contributed by atoms with Gasteiger partial charge in [-0.25, -0.2) is 0 Å². The van der Waals surface area contributed by atoms with Crippen molar-refractivity contribution in [3.8, 4) is 0 Å². The lowest BCUT2D eigenvalue weighted by atomic mass is 9.91. The maximum Gasteiger partial charge on any atom is 0.00967 e.